The summed E-state index contributed by atoms with van der Waals surface area (Å²) in [6.45, 7) is 1.73. The molecule has 3 aromatic rings. The van der Waals surface area contributed by atoms with Crippen LogP contribution < -0.4 is 5.32 Å². The van der Waals surface area contributed by atoms with E-state index in [0.29, 0.717) is 28.3 Å². The molecular formula is C17H11N7. The third-order valence-corrected chi connectivity index (χ3v) is 3.36. The Kier molecular flexibility index (Phi) is 3.81. The maximum absolute atomic E-state index is 8.97. The number of aromatic nitrogens is 4. The lowest BCUT2D eigenvalue weighted by molar-refractivity contribution is 0.861. The summed E-state index contributed by atoms with van der Waals surface area (Å²) in [5.41, 5.74) is 2.21. The molecule has 0 saturated carbocycles. The van der Waals surface area contributed by atoms with Gasteiger partial charge in [0.2, 0.25) is 0 Å². The van der Waals surface area contributed by atoms with E-state index in [1.54, 1.807) is 36.1 Å². The Bertz CT molecular complexity index is 1040. The predicted octanol–water partition coefficient (Wildman–Crippen LogP) is 1.99. The van der Waals surface area contributed by atoms with Crippen LogP contribution in [0, 0.1) is 35.0 Å². The maximum atomic E-state index is 8.97. The number of nitriles is 2. The predicted molar refractivity (Wildman–Crippen MR) is 88.0 cm³/mol. The van der Waals surface area contributed by atoms with E-state index in [1.165, 1.54) is 6.20 Å². The monoisotopic (exact) mass is 313 g/mol. The van der Waals surface area contributed by atoms with Crippen LogP contribution in [0.25, 0.3) is 16.9 Å². The van der Waals surface area contributed by atoms with Crippen molar-refractivity contribution in [1.82, 2.24) is 19.7 Å². The number of hydrogen-bond donors (Lipinski definition) is 1. The number of terminal acetylenes is 1. The molecule has 3 rings (SSSR count). The molecule has 24 heavy (non-hydrogen) atoms. The van der Waals surface area contributed by atoms with Crippen LogP contribution in [-0.4, -0.2) is 25.8 Å². The molecular weight excluding hydrogens is 302 g/mol. The second kappa shape index (κ2) is 6.08. The Morgan fingerprint density at radius 1 is 1.21 bits per heavy atom. The Hall–Kier alpha value is -3.89. The highest BCUT2D eigenvalue weighted by Crippen LogP contribution is 2.21. The fraction of sp³-hybridized carbons (Fsp3) is 0.118. The highest BCUT2D eigenvalue weighted by atomic mass is 15.3. The minimum Gasteiger partial charge on any atom is -0.369 e. The van der Waals surface area contributed by atoms with Gasteiger partial charge in [-0.25, -0.2) is 9.97 Å². The number of nitrogens with one attached hydrogen (secondary N) is 1. The topological polar surface area (TPSA) is 103 Å². The summed E-state index contributed by atoms with van der Waals surface area (Å²) < 4.78 is 1.55. The summed E-state index contributed by atoms with van der Waals surface area (Å²) in [6.07, 6.45) is 10.1. The molecule has 0 aliphatic rings. The van der Waals surface area contributed by atoms with E-state index in [-0.39, 0.29) is 0 Å². The third-order valence-electron chi connectivity index (χ3n) is 3.36. The van der Waals surface area contributed by atoms with Gasteiger partial charge in [0, 0.05) is 23.8 Å². The van der Waals surface area contributed by atoms with E-state index in [0.717, 1.165) is 5.39 Å². The molecule has 0 aliphatic heterocycles. The first kappa shape index (κ1) is 15.0. The van der Waals surface area contributed by atoms with Crippen LogP contribution in [0.3, 0.4) is 0 Å². The highest BCUT2D eigenvalue weighted by molar-refractivity contribution is 5.77. The summed E-state index contributed by atoms with van der Waals surface area (Å²) in [5, 5.41) is 25.9. The molecule has 7 heteroatoms. The number of anilines is 1. The highest BCUT2D eigenvalue weighted by Gasteiger charge is 2.12. The number of rotatable bonds is 3. The first-order chi connectivity index (χ1) is 11.7. The molecule has 0 unspecified atom stereocenters. The van der Waals surface area contributed by atoms with Crippen molar-refractivity contribution in [3.63, 3.8) is 0 Å². The standard InChI is InChI=1S/C17H11N7/c1-3-13-9-20-16(5-15(13)23-11(2)6-18)24-17-14(10-22-24)4-12(7-19)8-21-17/h1,4-5,8-11H,2H3,(H,20,23)/t11-/m1/s1. The van der Waals surface area contributed by atoms with Crippen molar-refractivity contribution in [3.8, 4) is 30.3 Å². The van der Waals surface area contributed by atoms with Crippen molar-refractivity contribution in [2.75, 3.05) is 5.32 Å². The summed E-state index contributed by atoms with van der Waals surface area (Å²) >= 11 is 0. The van der Waals surface area contributed by atoms with Gasteiger partial charge in [-0.15, -0.1) is 6.42 Å². The smallest absolute Gasteiger partial charge is 0.164 e. The van der Waals surface area contributed by atoms with Gasteiger partial charge in [-0.1, -0.05) is 5.92 Å². The second-order valence-electron chi connectivity index (χ2n) is 5.03. The minimum absolute atomic E-state index is 0.405. The van der Waals surface area contributed by atoms with Gasteiger partial charge in [-0.3, -0.25) is 0 Å². The average Bonchev–Trinajstić information content (AvgIpc) is 3.04. The molecule has 0 bridgehead atoms. The van der Waals surface area contributed by atoms with Crippen LogP contribution >= 0.6 is 0 Å². The molecule has 0 saturated heterocycles. The lowest BCUT2D eigenvalue weighted by Gasteiger charge is -2.12. The van der Waals surface area contributed by atoms with Gasteiger partial charge >= 0.3 is 0 Å². The molecule has 3 heterocycles. The second-order valence-corrected chi connectivity index (χ2v) is 5.03. The molecule has 0 aliphatic carbocycles. The average molecular weight is 313 g/mol. The maximum Gasteiger partial charge on any atom is 0.164 e. The van der Waals surface area contributed by atoms with Crippen molar-refractivity contribution < 1.29 is 0 Å². The van der Waals surface area contributed by atoms with Gasteiger partial charge in [0.25, 0.3) is 0 Å². The molecule has 0 aromatic carbocycles. The van der Waals surface area contributed by atoms with E-state index in [1.807, 2.05) is 6.07 Å². The Morgan fingerprint density at radius 2 is 2.04 bits per heavy atom. The van der Waals surface area contributed by atoms with Crippen molar-refractivity contribution in [2.45, 2.75) is 13.0 Å². The Balaban J connectivity index is 2.10. The molecule has 1 N–H and O–H groups in total. The molecule has 114 valence electrons. The Morgan fingerprint density at radius 3 is 2.75 bits per heavy atom. The van der Waals surface area contributed by atoms with Crippen LogP contribution in [0.2, 0.25) is 0 Å². The van der Waals surface area contributed by atoms with E-state index in [9.17, 15) is 0 Å². The first-order valence-corrected chi connectivity index (χ1v) is 7.03. The van der Waals surface area contributed by atoms with Gasteiger partial charge in [-0.2, -0.15) is 20.3 Å². The number of nitrogens with zero attached hydrogens (tertiary/aromatic N) is 6. The lowest BCUT2D eigenvalue weighted by atomic mass is 10.2. The molecule has 7 nitrogen and oxygen atoms in total. The summed E-state index contributed by atoms with van der Waals surface area (Å²) in [5.74, 6) is 3.04. The zero-order valence-electron chi connectivity index (χ0n) is 12.7. The fourth-order valence-corrected chi connectivity index (χ4v) is 2.21. The van der Waals surface area contributed by atoms with Gasteiger partial charge in [0.15, 0.2) is 11.5 Å². The molecule has 0 spiro atoms. The third kappa shape index (κ3) is 2.61. The number of pyridine rings is 2. The minimum atomic E-state index is -0.405. The summed E-state index contributed by atoms with van der Waals surface area (Å²) in [6, 6.07) is 7.16. The largest absolute Gasteiger partial charge is 0.369 e. The summed E-state index contributed by atoms with van der Waals surface area (Å²) in [4.78, 5) is 8.57. The van der Waals surface area contributed by atoms with Gasteiger partial charge in [0.05, 0.1) is 29.1 Å². The lowest BCUT2D eigenvalue weighted by Crippen LogP contribution is -2.14. The van der Waals surface area contributed by atoms with Crippen LogP contribution in [0.15, 0.2) is 30.7 Å². The van der Waals surface area contributed by atoms with Gasteiger partial charge < -0.3 is 5.32 Å². The zero-order valence-corrected chi connectivity index (χ0v) is 12.7. The van der Waals surface area contributed by atoms with Crippen LogP contribution in [-0.2, 0) is 0 Å². The quantitative estimate of drug-likeness (QED) is 0.742. The van der Waals surface area contributed by atoms with E-state index >= 15 is 0 Å². The Labute approximate surface area is 138 Å². The normalized spacial score (nSPS) is 11.2. The molecule has 0 fully saturated rings. The molecule has 3 aromatic heterocycles. The molecule has 0 radical (unpaired) electrons. The number of hydrogen-bond acceptors (Lipinski definition) is 6. The van der Waals surface area contributed by atoms with E-state index in [2.05, 4.69) is 32.4 Å². The van der Waals surface area contributed by atoms with Gasteiger partial charge in [0.1, 0.15) is 12.1 Å². The van der Waals surface area contributed by atoms with Crippen LogP contribution in [0.1, 0.15) is 18.1 Å². The zero-order chi connectivity index (χ0) is 17.1. The van der Waals surface area contributed by atoms with Crippen molar-refractivity contribution in [1.29, 1.82) is 10.5 Å². The first-order valence-electron chi connectivity index (χ1n) is 7.03. The van der Waals surface area contributed by atoms with Crippen LogP contribution in [0.5, 0.6) is 0 Å². The fourth-order valence-electron chi connectivity index (χ4n) is 2.21. The van der Waals surface area contributed by atoms with Gasteiger partial charge in [-0.05, 0) is 13.0 Å². The van der Waals surface area contributed by atoms with Crippen LogP contribution in [0.4, 0.5) is 5.69 Å². The number of fused-ring (bicyclic) bond motifs is 1. The summed E-state index contributed by atoms with van der Waals surface area (Å²) in [7, 11) is 0. The van der Waals surface area contributed by atoms with Crippen molar-refractivity contribution in [3.05, 3.63) is 41.9 Å². The van der Waals surface area contributed by atoms with E-state index in [4.69, 9.17) is 16.9 Å². The molecule has 1 atom stereocenters. The SMILES string of the molecule is C#Cc1cnc(-n2ncc3cc(C#N)cnc32)cc1N[C@H](C)C#N. The molecule has 0 amide bonds. The van der Waals surface area contributed by atoms with E-state index < -0.39 is 6.04 Å². The van der Waals surface area contributed by atoms with Crippen molar-refractivity contribution in [2.24, 2.45) is 0 Å². The van der Waals surface area contributed by atoms with Crippen molar-refractivity contribution >= 4 is 16.7 Å².